The Kier molecular flexibility index (Phi) is 3.66. The number of nitrogens with two attached hydrogens (primary N) is 1. The van der Waals surface area contributed by atoms with Crippen LogP contribution in [0.15, 0.2) is 24.5 Å². The van der Waals surface area contributed by atoms with Gasteiger partial charge in [-0.15, -0.1) is 0 Å². The van der Waals surface area contributed by atoms with Gasteiger partial charge in [-0.3, -0.25) is 4.79 Å². The van der Waals surface area contributed by atoms with E-state index in [2.05, 4.69) is 5.10 Å². The van der Waals surface area contributed by atoms with Gasteiger partial charge in [0, 0.05) is 31.6 Å². The smallest absolute Gasteiger partial charge is 0.257 e. The van der Waals surface area contributed by atoms with Crippen LogP contribution in [-0.4, -0.2) is 58.9 Å². The SMILES string of the molecule is Nc1ccn2ncc(C(=O)N3CCOC(C4CCCO4)C3)c2c1. The molecule has 23 heavy (non-hydrogen) atoms. The van der Waals surface area contributed by atoms with Crippen LogP contribution in [0.5, 0.6) is 0 Å². The van der Waals surface area contributed by atoms with Gasteiger partial charge >= 0.3 is 0 Å². The molecule has 2 aliphatic heterocycles. The summed E-state index contributed by atoms with van der Waals surface area (Å²) in [6, 6.07) is 3.54. The van der Waals surface area contributed by atoms with Crippen LogP contribution >= 0.6 is 0 Å². The van der Waals surface area contributed by atoms with Gasteiger partial charge in [0.1, 0.15) is 6.10 Å². The Morgan fingerprint density at radius 1 is 1.30 bits per heavy atom. The minimum Gasteiger partial charge on any atom is -0.399 e. The minimum absolute atomic E-state index is 0.0307. The lowest BCUT2D eigenvalue weighted by Crippen LogP contribution is -2.49. The zero-order chi connectivity index (χ0) is 15.8. The molecule has 0 radical (unpaired) electrons. The third kappa shape index (κ3) is 2.66. The van der Waals surface area contributed by atoms with Crippen LogP contribution < -0.4 is 5.73 Å². The van der Waals surface area contributed by atoms with Crippen molar-refractivity contribution in [1.82, 2.24) is 14.5 Å². The topological polar surface area (TPSA) is 82.1 Å². The van der Waals surface area contributed by atoms with Gasteiger partial charge in [-0.2, -0.15) is 5.10 Å². The quantitative estimate of drug-likeness (QED) is 0.891. The summed E-state index contributed by atoms with van der Waals surface area (Å²) in [7, 11) is 0. The first-order chi connectivity index (χ1) is 11.2. The molecule has 1 amide bonds. The number of carbonyl (C=O) groups excluding carboxylic acids is 1. The number of ether oxygens (including phenoxy) is 2. The molecule has 4 rings (SSSR count). The van der Waals surface area contributed by atoms with E-state index in [1.54, 1.807) is 29.0 Å². The van der Waals surface area contributed by atoms with Crippen LogP contribution in [0.25, 0.3) is 5.52 Å². The van der Waals surface area contributed by atoms with Crippen molar-refractivity contribution >= 4 is 17.1 Å². The highest BCUT2D eigenvalue weighted by molar-refractivity contribution is 6.01. The van der Waals surface area contributed by atoms with E-state index in [1.165, 1.54) is 0 Å². The van der Waals surface area contributed by atoms with Gasteiger partial charge in [-0.25, -0.2) is 4.52 Å². The Labute approximate surface area is 133 Å². The predicted molar refractivity (Wildman–Crippen MR) is 84.2 cm³/mol. The molecule has 2 unspecified atom stereocenters. The van der Waals surface area contributed by atoms with E-state index in [4.69, 9.17) is 15.2 Å². The summed E-state index contributed by atoms with van der Waals surface area (Å²) < 4.78 is 13.2. The standard InChI is InChI=1S/C16H20N4O3/c17-11-3-4-20-13(8-11)12(9-18-20)16(21)19-5-7-23-15(10-19)14-2-1-6-22-14/h3-4,8-9,14-15H,1-2,5-7,10,17H2. The van der Waals surface area contributed by atoms with Crippen molar-refractivity contribution in [2.24, 2.45) is 0 Å². The highest BCUT2D eigenvalue weighted by Crippen LogP contribution is 2.23. The molecule has 7 heteroatoms. The van der Waals surface area contributed by atoms with E-state index < -0.39 is 0 Å². The number of hydrogen-bond donors (Lipinski definition) is 1. The van der Waals surface area contributed by atoms with Gasteiger partial charge in [-0.1, -0.05) is 0 Å². The van der Waals surface area contributed by atoms with E-state index in [-0.39, 0.29) is 18.1 Å². The molecule has 0 bridgehead atoms. The number of fused-ring (bicyclic) bond motifs is 1. The number of amides is 1. The molecule has 2 atom stereocenters. The van der Waals surface area contributed by atoms with Gasteiger partial charge in [-0.05, 0) is 25.0 Å². The summed E-state index contributed by atoms with van der Waals surface area (Å²) in [5, 5.41) is 4.23. The zero-order valence-electron chi connectivity index (χ0n) is 12.9. The van der Waals surface area contributed by atoms with Crippen LogP contribution in [-0.2, 0) is 9.47 Å². The fourth-order valence-electron chi connectivity index (χ4n) is 3.31. The molecule has 2 aromatic heterocycles. The molecule has 0 aliphatic carbocycles. The highest BCUT2D eigenvalue weighted by Gasteiger charge is 2.33. The maximum Gasteiger partial charge on any atom is 0.257 e. The van der Waals surface area contributed by atoms with Crippen molar-refractivity contribution in [2.45, 2.75) is 25.0 Å². The minimum atomic E-state index is -0.0397. The summed E-state index contributed by atoms with van der Waals surface area (Å²) in [5.41, 5.74) is 7.76. The van der Waals surface area contributed by atoms with Crippen molar-refractivity contribution in [3.8, 4) is 0 Å². The number of nitrogen functional groups attached to an aromatic ring is 1. The molecule has 0 saturated carbocycles. The molecule has 4 heterocycles. The molecular weight excluding hydrogens is 296 g/mol. The van der Waals surface area contributed by atoms with Crippen LogP contribution in [0, 0.1) is 0 Å². The van der Waals surface area contributed by atoms with Gasteiger partial charge < -0.3 is 20.1 Å². The Morgan fingerprint density at radius 2 is 2.17 bits per heavy atom. The van der Waals surface area contributed by atoms with Gasteiger partial charge in [0.2, 0.25) is 0 Å². The molecule has 0 aromatic carbocycles. The molecule has 122 valence electrons. The summed E-state index contributed by atoms with van der Waals surface area (Å²) in [6.07, 6.45) is 5.49. The molecule has 7 nitrogen and oxygen atoms in total. The maximum absolute atomic E-state index is 12.9. The van der Waals surface area contributed by atoms with Crippen LogP contribution in [0.1, 0.15) is 23.2 Å². The molecule has 0 spiro atoms. The maximum atomic E-state index is 12.9. The van der Waals surface area contributed by atoms with Crippen LogP contribution in [0.3, 0.4) is 0 Å². The van der Waals surface area contributed by atoms with E-state index in [0.29, 0.717) is 30.9 Å². The van der Waals surface area contributed by atoms with Gasteiger partial charge in [0.15, 0.2) is 0 Å². The second kappa shape index (κ2) is 5.82. The number of nitrogens with zero attached hydrogens (tertiary/aromatic N) is 3. The summed E-state index contributed by atoms with van der Waals surface area (Å²) >= 11 is 0. The Hall–Kier alpha value is -2.12. The van der Waals surface area contributed by atoms with Crippen molar-refractivity contribution < 1.29 is 14.3 Å². The van der Waals surface area contributed by atoms with E-state index in [1.807, 2.05) is 4.90 Å². The molecule has 2 aliphatic rings. The Morgan fingerprint density at radius 3 is 3.00 bits per heavy atom. The van der Waals surface area contributed by atoms with E-state index in [9.17, 15) is 4.79 Å². The first-order valence-electron chi connectivity index (χ1n) is 7.98. The predicted octanol–water partition coefficient (Wildman–Crippen LogP) is 0.936. The lowest BCUT2D eigenvalue weighted by Gasteiger charge is -2.35. The fraction of sp³-hybridized carbons (Fsp3) is 0.500. The van der Waals surface area contributed by atoms with Crippen LogP contribution in [0.4, 0.5) is 5.69 Å². The third-order valence-corrected chi connectivity index (χ3v) is 4.54. The Balaban J connectivity index is 1.56. The zero-order valence-corrected chi connectivity index (χ0v) is 12.9. The first kappa shape index (κ1) is 14.5. The lowest BCUT2D eigenvalue weighted by molar-refractivity contribution is -0.0867. The fourth-order valence-corrected chi connectivity index (χ4v) is 3.31. The number of morpholine rings is 1. The third-order valence-electron chi connectivity index (χ3n) is 4.54. The van der Waals surface area contributed by atoms with E-state index >= 15 is 0 Å². The first-order valence-corrected chi connectivity index (χ1v) is 7.98. The molecule has 2 N–H and O–H groups in total. The van der Waals surface area contributed by atoms with Gasteiger partial charge in [0.05, 0.1) is 30.0 Å². The second-order valence-electron chi connectivity index (χ2n) is 6.06. The molecule has 2 saturated heterocycles. The van der Waals surface area contributed by atoms with E-state index in [0.717, 1.165) is 25.0 Å². The number of anilines is 1. The number of hydrogen-bond acceptors (Lipinski definition) is 5. The largest absolute Gasteiger partial charge is 0.399 e. The molecule has 2 fully saturated rings. The molecular formula is C16H20N4O3. The monoisotopic (exact) mass is 316 g/mol. The van der Waals surface area contributed by atoms with Crippen LogP contribution in [0.2, 0.25) is 0 Å². The summed E-state index contributed by atoms with van der Waals surface area (Å²) in [6.45, 7) is 2.47. The summed E-state index contributed by atoms with van der Waals surface area (Å²) in [5.74, 6) is -0.0307. The number of carbonyl (C=O) groups is 1. The normalized spacial score (nSPS) is 25.1. The Bertz CT molecular complexity index is 723. The van der Waals surface area contributed by atoms with Crippen molar-refractivity contribution in [3.05, 3.63) is 30.1 Å². The van der Waals surface area contributed by atoms with Crippen molar-refractivity contribution in [1.29, 1.82) is 0 Å². The highest BCUT2D eigenvalue weighted by atomic mass is 16.5. The summed E-state index contributed by atoms with van der Waals surface area (Å²) in [4.78, 5) is 14.7. The van der Waals surface area contributed by atoms with Crippen molar-refractivity contribution in [3.63, 3.8) is 0 Å². The average molecular weight is 316 g/mol. The number of rotatable bonds is 2. The van der Waals surface area contributed by atoms with Gasteiger partial charge in [0.25, 0.3) is 5.91 Å². The average Bonchev–Trinajstić information content (AvgIpc) is 3.24. The number of pyridine rings is 1. The van der Waals surface area contributed by atoms with Crippen molar-refractivity contribution in [2.75, 3.05) is 32.0 Å². The molecule has 2 aromatic rings. The lowest BCUT2D eigenvalue weighted by atomic mass is 10.1. The number of aromatic nitrogens is 2. The second-order valence-corrected chi connectivity index (χ2v) is 6.06.